The van der Waals surface area contributed by atoms with Crippen molar-refractivity contribution in [1.82, 2.24) is 9.55 Å². The Labute approximate surface area is 131 Å². The summed E-state index contributed by atoms with van der Waals surface area (Å²) in [4.78, 5) is 16.4. The minimum absolute atomic E-state index is 0.214. The number of benzene rings is 2. The molecule has 1 N–H and O–H groups in total. The van der Waals surface area contributed by atoms with Gasteiger partial charge in [0.25, 0.3) is 5.91 Å². The number of aryl methyl sites for hydroxylation is 1. The summed E-state index contributed by atoms with van der Waals surface area (Å²) in [5.74, 6) is -1.52. The van der Waals surface area contributed by atoms with Crippen molar-refractivity contribution in [3.05, 3.63) is 72.1 Å². The topological polar surface area (TPSA) is 46.9 Å². The van der Waals surface area contributed by atoms with E-state index < -0.39 is 17.5 Å². The Morgan fingerprint density at radius 3 is 2.70 bits per heavy atom. The van der Waals surface area contributed by atoms with Crippen LogP contribution in [0.2, 0.25) is 0 Å². The van der Waals surface area contributed by atoms with Crippen LogP contribution in [0.25, 0.3) is 11.4 Å². The van der Waals surface area contributed by atoms with Crippen LogP contribution in [-0.4, -0.2) is 15.5 Å². The Morgan fingerprint density at radius 2 is 2.00 bits per heavy atom. The quantitative estimate of drug-likeness (QED) is 0.803. The number of hydrogen-bond donors (Lipinski definition) is 1. The number of carbonyl (C=O) groups excluding carboxylic acids is 1. The predicted molar refractivity (Wildman–Crippen MR) is 83.0 cm³/mol. The number of carbonyl (C=O) groups is 1. The maximum absolute atomic E-state index is 13.6. The largest absolute Gasteiger partial charge is 0.334 e. The van der Waals surface area contributed by atoms with Crippen LogP contribution in [0.5, 0.6) is 0 Å². The van der Waals surface area contributed by atoms with Gasteiger partial charge in [0.1, 0.15) is 17.5 Å². The molecule has 0 atom stereocenters. The Bertz CT molecular complexity index is 874. The molecule has 1 aromatic heterocycles. The second kappa shape index (κ2) is 6.00. The third-order valence-electron chi connectivity index (χ3n) is 3.38. The molecule has 0 aliphatic rings. The fourth-order valence-electron chi connectivity index (χ4n) is 2.25. The normalized spacial score (nSPS) is 10.6. The monoisotopic (exact) mass is 313 g/mol. The van der Waals surface area contributed by atoms with Crippen molar-refractivity contribution < 1.29 is 13.6 Å². The number of nitrogens with zero attached hydrogens (tertiary/aromatic N) is 2. The molecule has 4 nitrogen and oxygen atoms in total. The van der Waals surface area contributed by atoms with Gasteiger partial charge in [-0.2, -0.15) is 0 Å². The molecule has 3 aromatic rings. The number of nitrogens with one attached hydrogen (secondary N) is 1. The van der Waals surface area contributed by atoms with E-state index in [9.17, 15) is 13.6 Å². The molecule has 0 aliphatic carbocycles. The molecule has 0 fully saturated rings. The lowest BCUT2D eigenvalue weighted by Gasteiger charge is -2.08. The standard InChI is InChI=1S/C17H13F2N3O/c1-22-8-7-20-16(22)11-3-2-4-13(9-11)21-17(23)14-6-5-12(18)10-15(14)19/h2-10H,1H3,(H,21,23). The first-order chi connectivity index (χ1) is 11.0. The van der Waals surface area contributed by atoms with E-state index in [1.807, 2.05) is 23.9 Å². The van der Waals surface area contributed by atoms with Crippen molar-refractivity contribution in [2.45, 2.75) is 0 Å². The first-order valence-corrected chi connectivity index (χ1v) is 6.89. The fraction of sp³-hybridized carbons (Fsp3) is 0.0588. The van der Waals surface area contributed by atoms with E-state index in [2.05, 4.69) is 10.3 Å². The Morgan fingerprint density at radius 1 is 1.17 bits per heavy atom. The molecule has 3 rings (SSSR count). The van der Waals surface area contributed by atoms with E-state index in [0.717, 1.165) is 23.5 Å². The zero-order chi connectivity index (χ0) is 16.4. The third kappa shape index (κ3) is 3.11. The van der Waals surface area contributed by atoms with Gasteiger partial charge in [-0.1, -0.05) is 12.1 Å². The van der Waals surface area contributed by atoms with Gasteiger partial charge < -0.3 is 9.88 Å². The van der Waals surface area contributed by atoms with Crippen LogP contribution in [0.4, 0.5) is 14.5 Å². The highest BCUT2D eigenvalue weighted by Crippen LogP contribution is 2.21. The van der Waals surface area contributed by atoms with Gasteiger partial charge in [-0.15, -0.1) is 0 Å². The van der Waals surface area contributed by atoms with Crippen LogP contribution in [0.15, 0.2) is 54.9 Å². The maximum atomic E-state index is 13.6. The Hall–Kier alpha value is -3.02. The molecule has 0 aliphatic heterocycles. The number of halogens is 2. The van der Waals surface area contributed by atoms with E-state index in [1.54, 1.807) is 24.4 Å². The third-order valence-corrected chi connectivity index (χ3v) is 3.38. The molecule has 0 radical (unpaired) electrons. The first-order valence-electron chi connectivity index (χ1n) is 6.89. The molecule has 1 amide bonds. The second-order valence-corrected chi connectivity index (χ2v) is 5.02. The van der Waals surface area contributed by atoms with Gasteiger partial charge >= 0.3 is 0 Å². The highest BCUT2D eigenvalue weighted by Gasteiger charge is 2.13. The van der Waals surface area contributed by atoms with Gasteiger partial charge in [-0.05, 0) is 24.3 Å². The number of amides is 1. The van der Waals surface area contributed by atoms with Gasteiger partial charge in [-0.25, -0.2) is 13.8 Å². The van der Waals surface area contributed by atoms with Gasteiger partial charge in [0.2, 0.25) is 0 Å². The average Bonchev–Trinajstić information content (AvgIpc) is 2.93. The van der Waals surface area contributed by atoms with Crippen LogP contribution in [-0.2, 0) is 7.05 Å². The molecule has 6 heteroatoms. The predicted octanol–water partition coefficient (Wildman–Crippen LogP) is 3.62. The summed E-state index contributed by atoms with van der Waals surface area (Å²) in [5, 5.41) is 2.60. The first kappa shape index (κ1) is 14.9. The van der Waals surface area contributed by atoms with Crippen LogP contribution < -0.4 is 5.32 Å². The van der Waals surface area contributed by atoms with Crippen molar-refractivity contribution >= 4 is 11.6 Å². The lowest BCUT2D eigenvalue weighted by atomic mass is 10.1. The SMILES string of the molecule is Cn1ccnc1-c1cccc(NC(=O)c2ccc(F)cc2F)c1. The Balaban J connectivity index is 1.86. The minimum Gasteiger partial charge on any atom is -0.334 e. The van der Waals surface area contributed by atoms with Crippen molar-refractivity contribution in [3.63, 3.8) is 0 Å². The zero-order valence-corrected chi connectivity index (χ0v) is 12.3. The maximum Gasteiger partial charge on any atom is 0.258 e. The fourth-order valence-corrected chi connectivity index (χ4v) is 2.25. The lowest BCUT2D eigenvalue weighted by Crippen LogP contribution is -2.14. The summed E-state index contributed by atoms with van der Waals surface area (Å²) in [6, 6.07) is 9.88. The lowest BCUT2D eigenvalue weighted by molar-refractivity contribution is 0.102. The van der Waals surface area contributed by atoms with E-state index >= 15 is 0 Å². The number of hydrogen-bond acceptors (Lipinski definition) is 2. The van der Waals surface area contributed by atoms with Crippen LogP contribution in [0.1, 0.15) is 10.4 Å². The molecule has 0 spiro atoms. The van der Waals surface area contributed by atoms with E-state index in [1.165, 1.54) is 0 Å². The molecule has 23 heavy (non-hydrogen) atoms. The molecule has 1 heterocycles. The van der Waals surface area contributed by atoms with Crippen LogP contribution in [0, 0.1) is 11.6 Å². The van der Waals surface area contributed by atoms with Crippen LogP contribution >= 0.6 is 0 Å². The molecule has 2 aromatic carbocycles. The highest BCUT2D eigenvalue weighted by molar-refractivity contribution is 6.04. The number of anilines is 1. The number of aromatic nitrogens is 2. The van der Waals surface area contributed by atoms with E-state index in [-0.39, 0.29) is 5.56 Å². The summed E-state index contributed by atoms with van der Waals surface area (Å²) in [5.41, 5.74) is 1.10. The molecule has 116 valence electrons. The average molecular weight is 313 g/mol. The van der Waals surface area contributed by atoms with Gasteiger partial charge in [0, 0.05) is 36.8 Å². The number of rotatable bonds is 3. The van der Waals surface area contributed by atoms with Crippen molar-refractivity contribution in [1.29, 1.82) is 0 Å². The summed E-state index contributed by atoms with van der Waals surface area (Å²) >= 11 is 0. The highest BCUT2D eigenvalue weighted by atomic mass is 19.1. The molecule has 0 unspecified atom stereocenters. The molecular weight excluding hydrogens is 300 g/mol. The minimum atomic E-state index is -0.900. The summed E-state index contributed by atoms with van der Waals surface area (Å²) in [6.45, 7) is 0. The molecular formula is C17H13F2N3O. The van der Waals surface area contributed by atoms with Gasteiger partial charge in [0.15, 0.2) is 0 Å². The van der Waals surface area contributed by atoms with Gasteiger partial charge in [0.05, 0.1) is 5.56 Å². The molecule has 0 saturated heterocycles. The summed E-state index contributed by atoms with van der Waals surface area (Å²) in [7, 11) is 1.86. The zero-order valence-electron chi connectivity index (χ0n) is 12.3. The number of imidazole rings is 1. The van der Waals surface area contributed by atoms with Crippen molar-refractivity contribution in [3.8, 4) is 11.4 Å². The summed E-state index contributed by atoms with van der Waals surface area (Å²) < 4.78 is 28.4. The van der Waals surface area contributed by atoms with E-state index in [4.69, 9.17) is 0 Å². The van der Waals surface area contributed by atoms with E-state index in [0.29, 0.717) is 11.8 Å². The van der Waals surface area contributed by atoms with Gasteiger partial charge in [-0.3, -0.25) is 4.79 Å². The smallest absolute Gasteiger partial charge is 0.258 e. The molecule has 0 saturated carbocycles. The molecule has 0 bridgehead atoms. The second-order valence-electron chi connectivity index (χ2n) is 5.02. The van der Waals surface area contributed by atoms with Crippen LogP contribution in [0.3, 0.4) is 0 Å². The van der Waals surface area contributed by atoms with Crippen molar-refractivity contribution in [2.24, 2.45) is 7.05 Å². The van der Waals surface area contributed by atoms with Crippen molar-refractivity contribution in [2.75, 3.05) is 5.32 Å². The Kier molecular flexibility index (Phi) is 3.89. The summed E-state index contributed by atoms with van der Waals surface area (Å²) in [6.07, 6.45) is 3.49.